The maximum absolute atomic E-state index is 6.25. The summed E-state index contributed by atoms with van der Waals surface area (Å²) in [6.07, 6.45) is 1.04. The maximum atomic E-state index is 6.25. The molecule has 1 atom stereocenters. The van der Waals surface area contributed by atoms with Crippen LogP contribution in [0.15, 0.2) is 51.4 Å². The van der Waals surface area contributed by atoms with Gasteiger partial charge in [-0.2, -0.15) is 0 Å². The average Bonchev–Trinajstić information content (AvgIpc) is 2.43. The molecule has 0 spiro atoms. The summed E-state index contributed by atoms with van der Waals surface area (Å²) >= 11 is 13.1. The lowest BCUT2D eigenvalue weighted by molar-refractivity contribution is 0.519. The van der Waals surface area contributed by atoms with E-state index in [1.807, 2.05) is 18.2 Å². The van der Waals surface area contributed by atoms with Crippen molar-refractivity contribution in [2.24, 2.45) is 0 Å². The number of hydrogen-bond acceptors (Lipinski definition) is 1. The van der Waals surface area contributed by atoms with Crippen LogP contribution in [-0.2, 0) is 6.54 Å². The zero-order valence-electron chi connectivity index (χ0n) is 11.2. The van der Waals surface area contributed by atoms with Gasteiger partial charge in [0.25, 0.3) is 0 Å². The van der Waals surface area contributed by atoms with Crippen LogP contribution < -0.4 is 5.32 Å². The highest BCUT2D eigenvalue weighted by Crippen LogP contribution is 2.24. The third kappa shape index (κ3) is 4.32. The van der Waals surface area contributed by atoms with Crippen LogP contribution in [0, 0.1) is 0 Å². The monoisotopic (exact) mass is 415 g/mol. The Kier molecular flexibility index (Phi) is 6.09. The quantitative estimate of drug-likeness (QED) is 0.619. The van der Waals surface area contributed by atoms with Crippen molar-refractivity contribution in [2.45, 2.75) is 25.9 Å². The van der Waals surface area contributed by atoms with Gasteiger partial charge in [-0.25, -0.2) is 0 Å². The van der Waals surface area contributed by atoms with Gasteiger partial charge in [0.15, 0.2) is 0 Å². The van der Waals surface area contributed by atoms with Gasteiger partial charge in [0.05, 0.1) is 0 Å². The minimum atomic E-state index is 0.336. The van der Waals surface area contributed by atoms with Crippen LogP contribution in [0.25, 0.3) is 0 Å². The molecule has 0 radical (unpaired) electrons. The van der Waals surface area contributed by atoms with Crippen molar-refractivity contribution in [3.63, 3.8) is 0 Å². The molecule has 0 saturated heterocycles. The molecule has 0 aliphatic carbocycles. The molecule has 0 bridgehead atoms. The van der Waals surface area contributed by atoms with E-state index < -0.39 is 0 Å². The first kappa shape index (κ1) is 16.0. The Labute approximate surface area is 142 Å². The normalized spacial score (nSPS) is 12.4. The number of benzene rings is 2. The third-order valence-electron chi connectivity index (χ3n) is 3.23. The van der Waals surface area contributed by atoms with Crippen molar-refractivity contribution in [1.82, 2.24) is 5.32 Å². The lowest BCUT2D eigenvalue weighted by Crippen LogP contribution is -2.20. The molecule has 20 heavy (non-hydrogen) atoms. The summed E-state index contributed by atoms with van der Waals surface area (Å²) in [7, 11) is 0. The van der Waals surface area contributed by atoms with Crippen LogP contribution in [0.2, 0.25) is 5.02 Å². The van der Waals surface area contributed by atoms with Crippen molar-refractivity contribution >= 4 is 43.5 Å². The van der Waals surface area contributed by atoms with Gasteiger partial charge in [-0.1, -0.05) is 68.6 Å². The lowest BCUT2D eigenvalue weighted by atomic mass is 10.0. The van der Waals surface area contributed by atoms with Crippen molar-refractivity contribution < 1.29 is 0 Å². The third-order valence-corrected chi connectivity index (χ3v) is 4.61. The Hall–Kier alpha value is -0.350. The Bertz CT molecular complexity index is 569. The van der Waals surface area contributed by atoms with E-state index in [0.717, 1.165) is 32.5 Å². The van der Waals surface area contributed by atoms with Gasteiger partial charge in [0.1, 0.15) is 0 Å². The molecule has 106 valence electrons. The summed E-state index contributed by atoms with van der Waals surface area (Å²) in [5, 5.41) is 4.36. The van der Waals surface area contributed by atoms with Crippen molar-refractivity contribution in [3.8, 4) is 0 Å². The van der Waals surface area contributed by atoms with E-state index in [2.05, 4.69) is 68.4 Å². The fraction of sp³-hybridized carbons (Fsp3) is 0.250. The van der Waals surface area contributed by atoms with Gasteiger partial charge in [-0.05, 0) is 41.8 Å². The van der Waals surface area contributed by atoms with Crippen molar-refractivity contribution in [3.05, 3.63) is 67.6 Å². The van der Waals surface area contributed by atoms with Crippen LogP contribution in [0.3, 0.4) is 0 Å². The number of rotatable bonds is 5. The fourth-order valence-electron chi connectivity index (χ4n) is 2.09. The minimum absolute atomic E-state index is 0.336. The second kappa shape index (κ2) is 7.60. The molecule has 0 aliphatic heterocycles. The molecule has 2 rings (SSSR count). The SMILES string of the molecule is CCC(NCc1ccc(Br)cc1Cl)c1ccc(Br)cc1. The molecule has 0 saturated carbocycles. The first-order valence-electron chi connectivity index (χ1n) is 6.53. The van der Waals surface area contributed by atoms with Crippen LogP contribution in [-0.4, -0.2) is 0 Å². The van der Waals surface area contributed by atoms with E-state index in [1.54, 1.807) is 0 Å². The molecular weight excluding hydrogens is 401 g/mol. The summed E-state index contributed by atoms with van der Waals surface area (Å²) < 4.78 is 2.11. The first-order valence-corrected chi connectivity index (χ1v) is 8.49. The highest BCUT2D eigenvalue weighted by molar-refractivity contribution is 9.10. The molecule has 0 aliphatic rings. The van der Waals surface area contributed by atoms with E-state index in [1.165, 1.54) is 5.56 Å². The molecule has 1 unspecified atom stereocenters. The zero-order valence-corrected chi connectivity index (χ0v) is 15.1. The highest BCUT2D eigenvalue weighted by atomic mass is 79.9. The topological polar surface area (TPSA) is 12.0 Å². The maximum Gasteiger partial charge on any atom is 0.0462 e. The Balaban J connectivity index is 2.05. The van der Waals surface area contributed by atoms with E-state index in [9.17, 15) is 0 Å². The smallest absolute Gasteiger partial charge is 0.0462 e. The van der Waals surface area contributed by atoms with E-state index in [-0.39, 0.29) is 0 Å². The molecule has 2 aromatic rings. The number of halogens is 3. The van der Waals surface area contributed by atoms with Gasteiger partial charge in [0.2, 0.25) is 0 Å². The summed E-state index contributed by atoms with van der Waals surface area (Å²) in [4.78, 5) is 0. The fourth-order valence-corrected chi connectivity index (χ4v) is 3.10. The van der Waals surface area contributed by atoms with E-state index >= 15 is 0 Å². The van der Waals surface area contributed by atoms with Crippen LogP contribution in [0.5, 0.6) is 0 Å². The van der Waals surface area contributed by atoms with Gasteiger partial charge in [0, 0.05) is 26.6 Å². The molecule has 1 nitrogen and oxygen atoms in total. The van der Waals surface area contributed by atoms with Crippen LogP contribution in [0.4, 0.5) is 0 Å². The predicted octanol–water partition coefficient (Wildman–Crippen LogP) is 6.11. The molecule has 0 amide bonds. The Morgan fingerprint density at radius 2 is 1.70 bits per heavy atom. The Morgan fingerprint density at radius 3 is 2.30 bits per heavy atom. The number of hydrogen-bond donors (Lipinski definition) is 1. The molecule has 4 heteroatoms. The predicted molar refractivity (Wildman–Crippen MR) is 93.2 cm³/mol. The van der Waals surface area contributed by atoms with Gasteiger partial charge in [-0.3, -0.25) is 0 Å². The largest absolute Gasteiger partial charge is 0.306 e. The Morgan fingerprint density at radius 1 is 1.05 bits per heavy atom. The first-order chi connectivity index (χ1) is 9.60. The van der Waals surface area contributed by atoms with Crippen LogP contribution >= 0.6 is 43.5 Å². The molecule has 0 fully saturated rings. The highest BCUT2D eigenvalue weighted by Gasteiger charge is 2.09. The second-order valence-electron chi connectivity index (χ2n) is 4.63. The summed E-state index contributed by atoms with van der Waals surface area (Å²) in [5.41, 5.74) is 2.41. The van der Waals surface area contributed by atoms with Crippen LogP contribution in [0.1, 0.15) is 30.5 Å². The summed E-state index contributed by atoms with van der Waals surface area (Å²) in [6.45, 7) is 2.95. The van der Waals surface area contributed by atoms with Crippen molar-refractivity contribution in [2.75, 3.05) is 0 Å². The second-order valence-corrected chi connectivity index (χ2v) is 6.87. The van der Waals surface area contributed by atoms with Gasteiger partial charge >= 0.3 is 0 Å². The average molecular weight is 418 g/mol. The molecule has 2 aromatic carbocycles. The lowest BCUT2D eigenvalue weighted by Gasteiger charge is -2.18. The summed E-state index contributed by atoms with van der Waals surface area (Å²) in [6, 6.07) is 14.8. The number of nitrogens with one attached hydrogen (secondary N) is 1. The molecule has 1 N–H and O–H groups in total. The summed E-state index contributed by atoms with van der Waals surface area (Å²) in [5.74, 6) is 0. The molecule has 0 heterocycles. The molecule has 0 aromatic heterocycles. The van der Waals surface area contributed by atoms with E-state index in [0.29, 0.717) is 6.04 Å². The van der Waals surface area contributed by atoms with Crippen molar-refractivity contribution in [1.29, 1.82) is 0 Å². The molecular formula is C16H16Br2ClN. The van der Waals surface area contributed by atoms with E-state index in [4.69, 9.17) is 11.6 Å². The van der Waals surface area contributed by atoms with Gasteiger partial charge in [-0.15, -0.1) is 0 Å². The standard InChI is InChI=1S/C16H16Br2ClN/c1-2-16(11-3-6-13(17)7-4-11)20-10-12-5-8-14(18)9-15(12)19/h3-9,16,20H,2,10H2,1H3. The zero-order chi connectivity index (χ0) is 14.5. The van der Waals surface area contributed by atoms with Gasteiger partial charge < -0.3 is 5.32 Å². The minimum Gasteiger partial charge on any atom is -0.306 e.